The Labute approximate surface area is 38.6 Å². The quantitative estimate of drug-likeness (QED) is 0.459. The molecular formula is C5H10O. The summed E-state index contributed by atoms with van der Waals surface area (Å²) in [4.78, 5) is 0. The van der Waals surface area contributed by atoms with Crippen LogP contribution in [-0.4, -0.2) is 13.7 Å². The standard InChI is InChI=1S/C5H10O/c1-3-4-5-6-2/h3-4H,5H2,1-2H3. The number of allylic oxidation sites excluding steroid dienone is 1. The van der Waals surface area contributed by atoms with Crippen LogP contribution in [0.25, 0.3) is 0 Å². The Morgan fingerprint density at radius 3 is 2.50 bits per heavy atom. The summed E-state index contributed by atoms with van der Waals surface area (Å²) in [5.74, 6) is 0. The fraction of sp³-hybridized carbons (Fsp3) is 0.600. The second kappa shape index (κ2) is 4.70. The van der Waals surface area contributed by atoms with Crippen LogP contribution in [0.4, 0.5) is 0 Å². The van der Waals surface area contributed by atoms with Gasteiger partial charge in [-0.3, -0.25) is 0 Å². The van der Waals surface area contributed by atoms with E-state index in [9.17, 15) is 0 Å². The van der Waals surface area contributed by atoms with Crippen LogP contribution in [0.2, 0.25) is 0 Å². The molecule has 0 unspecified atom stereocenters. The van der Waals surface area contributed by atoms with Crippen molar-refractivity contribution in [3.05, 3.63) is 12.2 Å². The molecule has 0 rings (SSSR count). The first kappa shape index (κ1) is 5.70. The molecule has 0 radical (unpaired) electrons. The second-order valence-electron chi connectivity index (χ2n) is 1.02. The van der Waals surface area contributed by atoms with Crippen LogP contribution in [0.1, 0.15) is 6.92 Å². The van der Waals surface area contributed by atoms with Crippen LogP contribution in [0.5, 0.6) is 0 Å². The summed E-state index contributed by atoms with van der Waals surface area (Å²) in [6, 6.07) is 0. The highest BCUT2D eigenvalue weighted by Gasteiger charge is 1.62. The van der Waals surface area contributed by atoms with Crippen LogP contribution >= 0.6 is 0 Å². The van der Waals surface area contributed by atoms with Gasteiger partial charge in [0.15, 0.2) is 0 Å². The molecule has 0 amide bonds. The monoisotopic (exact) mass is 86.1 g/mol. The maximum atomic E-state index is 4.70. The van der Waals surface area contributed by atoms with Crippen molar-refractivity contribution in [1.82, 2.24) is 0 Å². The van der Waals surface area contributed by atoms with Crippen molar-refractivity contribution >= 4 is 0 Å². The lowest BCUT2D eigenvalue weighted by Gasteiger charge is -1.81. The first-order valence-electron chi connectivity index (χ1n) is 2.02. The summed E-state index contributed by atoms with van der Waals surface area (Å²) in [6.45, 7) is 2.70. The van der Waals surface area contributed by atoms with Crippen molar-refractivity contribution in [3.63, 3.8) is 0 Å². The predicted octanol–water partition coefficient (Wildman–Crippen LogP) is 1.21. The van der Waals surface area contributed by atoms with Crippen LogP contribution in [0, 0.1) is 0 Å². The fourth-order valence-electron chi connectivity index (χ4n) is 0.192. The molecule has 0 saturated carbocycles. The van der Waals surface area contributed by atoms with Gasteiger partial charge in [-0.15, -0.1) is 0 Å². The smallest absolute Gasteiger partial charge is 0.0643 e. The maximum absolute atomic E-state index is 4.70. The minimum atomic E-state index is 0.733. The summed E-state index contributed by atoms with van der Waals surface area (Å²) in [7, 11) is 1.68. The first-order valence-corrected chi connectivity index (χ1v) is 2.02. The van der Waals surface area contributed by atoms with Gasteiger partial charge >= 0.3 is 0 Å². The van der Waals surface area contributed by atoms with Gasteiger partial charge in [-0.1, -0.05) is 12.2 Å². The lowest BCUT2D eigenvalue weighted by molar-refractivity contribution is 0.234. The third-order valence-electron chi connectivity index (χ3n) is 0.499. The molecule has 0 heterocycles. The van der Waals surface area contributed by atoms with E-state index < -0.39 is 0 Å². The molecule has 0 aliphatic heterocycles. The lowest BCUT2D eigenvalue weighted by Crippen LogP contribution is -1.77. The predicted molar refractivity (Wildman–Crippen MR) is 26.7 cm³/mol. The number of ether oxygens (including phenoxy) is 1. The lowest BCUT2D eigenvalue weighted by atomic mass is 10.6. The molecule has 0 atom stereocenters. The molecule has 0 aromatic rings. The zero-order valence-electron chi connectivity index (χ0n) is 4.27. The largest absolute Gasteiger partial charge is 0.381 e. The van der Waals surface area contributed by atoms with Gasteiger partial charge in [0.2, 0.25) is 0 Å². The Bertz CT molecular complexity index is 39.2. The first-order chi connectivity index (χ1) is 2.91. The van der Waals surface area contributed by atoms with Crippen molar-refractivity contribution in [1.29, 1.82) is 0 Å². The third-order valence-corrected chi connectivity index (χ3v) is 0.499. The molecule has 0 aromatic carbocycles. The molecular weight excluding hydrogens is 76.1 g/mol. The second-order valence-corrected chi connectivity index (χ2v) is 1.02. The van der Waals surface area contributed by atoms with E-state index in [0.717, 1.165) is 6.61 Å². The molecule has 36 valence electrons. The highest BCUT2D eigenvalue weighted by atomic mass is 16.5. The van der Waals surface area contributed by atoms with E-state index in [1.807, 2.05) is 19.1 Å². The summed E-state index contributed by atoms with van der Waals surface area (Å²) in [5, 5.41) is 0. The fourth-order valence-corrected chi connectivity index (χ4v) is 0.192. The Balaban J connectivity index is 2.66. The van der Waals surface area contributed by atoms with Crippen molar-refractivity contribution in [2.45, 2.75) is 6.92 Å². The van der Waals surface area contributed by atoms with Crippen LogP contribution in [-0.2, 0) is 4.74 Å². The molecule has 0 fully saturated rings. The number of hydrogen-bond donors (Lipinski definition) is 0. The van der Waals surface area contributed by atoms with Crippen LogP contribution < -0.4 is 0 Å². The van der Waals surface area contributed by atoms with Gasteiger partial charge in [-0.25, -0.2) is 0 Å². The van der Waals surface area contributed by atoms with E-state index in [2.05, 4.69) is 0 Å². The van der Waals surface area contributed by atoms with Crippen LogP contribution in [0.15, 0.2) is 12.2 Å². The van der Waals surface area contributed by atoms with E-state index in [0.29, 0.717) is 0 Å². The van der Waals surface area contributed by atoms with Crippen molar-refractivity contribution in [2.24, 2.45) is 0 Å². The summed E-state index contributed by atoms with van der Waals surface area (Å²) in [6.07, 6.45) is 3.92. The minimum Gasteiger partial charge on any atom is -0.381 e. The Kier molecular flexibility index (Phi) is 4.46. The summed E-state index contributed by atoms with van der Waals surface area (Å²) in [5.41, 5.74) is 0. The average Bonchev–Trinajstić information content (AvgIpc) is 1.61. The molecule has 0 aliphatic rings. The molecule has 0 aromatic heterocycles. The highest BCUT2D eigenvalue weighted by Crippen LogP contribution is 1.68. The van der Waals surface area contributed by atoms with Crippen molar-refractivity contribution in [3.8, 4) is 0 Å². The normalized spacial score (nSPS) is 10.3. The topological polar surface area (TPSA) is 9.23 Å². The van der Waals surface area contributed by atoms with E-state index in [-0.39, 0.29) is 0 Å². The van der Waals surface area contributed by atoms with Gasteiger partial charge < -0.3 is 4.74 Å². The summed E-state index contributed by atoms with van der Waals surface area (Å²) < 4.78 is 4.70. The van der Waals surface area contributed by atoms with E-state index in [1.54, 1.807) is 7.11 Å². The Morgan fingerprint density at radius 1 is 1.67 bits per heavy atom. The van der Waals surface area contributed by atoms with Crippen LogP contribution in [0.3, 0.4) is 0 Å². The Morgan fingerprint density at radius 2 is 2.33 bits per heavy atom. The van der Waals surface area contributed by atoms with Gasteiger partial charge in [0, 0.05) is 7.11 Å². The van der Waals surface area contributed by atoms with Crippen molar-refractivity contribution < 1.29 is 4.74 Å². The zero-order chi connectivity index (χ0) is 4.83. The van der Waals surface area contributed by atoms with Crippen molar-refractivity contribution in [2.75, 3.05) is 13.7 Å². The Hall–Kier alpha value is -0.300. The van der Waals surface area contributed by atoms with Gasteiger partial charge in [0.1, 0.15) is 0 Å². The molecule has 0 bridgehead atoms. The van der Waals surface area contributed by atoms with Gasteiger partial charge in [-0.2, -0.15) is 0 Å². The van der Waals surface area contributed by atoms with E-state index in [1.165, 1.54) is 0 Å². The van der Waals surface area contributed by atoms with Gasteiger partial charge in [0.05, 0.1) is 6.61 Å². The molecule has 1 nitrogen and oxygen atoms in total. The minimum absolute atomic E-state index is 0.733. The van der Waals surface area contributed by atoms with E-state index >= 15 is 0 Å². The maximum Gasteiger partial charge on any atom is 0.0643 e. The average molecular weight is 86.1 g/mol. The molecule has 0 spiro atoms. The zero-order valence-corrected chi connectivity index (χ0v) is 4.27. The van der Waals surface area contributed by atoms with Gasteiger partial charge in [-0.05, 0) is 6.92 Å². The van der Waals surface area contributed by atoms with Gasteiger partial charge in [0.25, 0.3) is 0 Å². The SMILES string of the molecule is CC=CCOC. The molecule has 6 heavy (non-hydrogen) atoms. The molecule has 0 saturated heterocycles. The third kappa shape index (κ3) is 3.70. The number of hydrogen-bond acceptors (Lipinski definition) is 1. The number of rotatable bonds is 2. The van der Waals surface area contributed by atoms with E-state index in [4.69, 9.17) is 4.74 Å². The molecule has 0 N–H and O–H groups in total. The number of methoxy groups -OCH3 is 1. The molecule has 0 aliphatic carbocycles. The molecule has 1 heteroatoms. The highest BCUT2D eigenvalue weighted by molar-refractivity contribution is 4.75. The summed E-state index contributed by atoms with van der Waals surface area (Å²) >= 11 is 0.